The SMILES string of the molecule is Cc1cc(Br)ccc1NC(=O)CSCC(O)CO. The Morgan fingerprint density at radius 3 is 2.89 bits per heavy atom. The molecule has 3 N–H and O–H groups in total. The molecule has 1 unspecified atom stereocenters. The molecule has 0 aromatic heterocycles. The lowest BCUT2D eigenvalue weighted by molar-refractivity contribution is -0.113. The second-order valence-electron chi connectivity index (χ2n) is 3.86. The Bertz CT molecular complexity index is 414. The molecule has 4 nitrogen and oxygen atoms in total. The largest absolute Gasteiger partial charge is 0.394 e. The molecule has 0 radical (unpaired) electrons. The molecule has 0 spiro atoms. The molecule has 0 aliphatic carbocycles. The summed E-state index contributed by atoms with van der Waals surface area (Å²) in [5.41, 5.74) is 1.77. The van der Waals surface area contributed by atoms with E-state index in [1.165, 1.54) is 11.8 Å². The third-order valence-corrected chi connectivity index (χ3v) is 3.80. The number of carbonyl (C=O) groups excluding carboxylic acids is 1. The number of halogens is 1. The first kappa shape index (κ1) is 15.5. The minimum atomic E-state index is -0.766. The highest BCUT2D eigenvalue weighted by Crippen LogP contribution is 2.20. The van der Waals surface area contributed by atoms with Crippen molar-refractivity contribution in [3.8, 4) is 0 Å². The van der Waals surface area contributed by atoms with E-state index in [0.29, 0.717) is 5.75 Å². The number of rotatable bonds is 6. The van der Waals surface area contributed by atoms with Crippen LogP contribution in [0.4, 0.5) is 5.69 Å². The van der Waals surface area contributed by atoms with E-state index < -0.39 is 6.10 Å². The van der Waals surface area contributed by atoms with Crippen molar-refractivity contribution in [1.82, 2.24) is 0 Å². The number of aliphatic hydroxyl groups excluding tert-OH is 2. The summed E-state index contributed by atoms with van der Waals surface area (Å²) in [4.78, 5) is 11.6. The minimum absolute atomic E-state index is 0.115. The van der Waals surface area contributed by atoms with Gasteiger partial charge in [-0.15, -0.1) is 11.8 Å². The fourth-order valence-electron chi connectivity index (χ4n) is 1.29. The predicted octanol–water partition coefficient (Wildman–Crippen LogP) is 1.78. The molecule has 6 heteroatoms. The van der Waals surface area contributed by atoms with Gasteiger partial charge in [0, 0.05) is 15.9 Å². The molecule has 18 heavy (non-hydrogen) atoms. The number of nitrogens with one attached hydrogen (secondary N) is 1. The lowest BCUT2D eigenvalue weighted by Gasteiger charge is -2.09. The summed E-state index contributed by atoms with van der Waals surface area (Å²) in [5.74, 6) is 0.492. The minimum Gasteiger partial charge on any atom is -0.394 e. The first-order valence-electron chi connectivity index (χ1n) is 5.45. The Hall–Kier alpha value is -0.560. The van der Waals surface area contributed by atoms with Crippen LogP contribution in [0.3, 0.4) is 0 Å². The van der Waals surface area contributed by atoms with Crippen molar-refractivity contribution in [3.05, 3.63) is 28.2 Å². The van der Waals surface area contributed by atoms with E-state index in [2.05, 4.69) is 21.2 Å². The van der Waals surface area contributed by atoms with Crippen molar-refractivity contribution in [2.75, 3.05) is 23.4 Å². The average Bonchev–Trinajstić information content (AvgIpc) is 2.32. The van der Waals surface area contributed by atoms with Crippen LogP contribution in [-0.2, 0) is 4.79 Å². The maximum absolute atomic E-state index is 11.6. The fourth-order valence-corrected chi connectivity index (χ4v) is 2.52. The Morgan fingerprint density at radius 1 is 1.56 bits per heavy atom. The quantitative estimate of drug-likeness (QED) is 0.742. The van der Waals surface area contributed by atoms with Gasteiger partial charge in [0.05, 0.1) is 18.5 Å². The summed E-state index contributed by atoms with van der Waals surface area (Å²) < 4.78 is 0.971. The van der Waals surface area contributed by atoms with Crippen LogP contribution in [0.25, 0.3) is 0 Å². The van der Waals surface area contributed by atoms with Gasteiger partial charge in [0.1, 0.15) is 0 Å². The van der Waals surface area contributed by atoms with Gasteiger partial charge in [-0.1, -0.05) is 15.9 Å². The zero-order chi connectivity index (χ0) is 13.5. The van der Waals surface area contributed by atoms with Crippen LogP contribution in [0.1, 0.15) is 5.56 Å². The highest BCUT2D eigenvalue weighted by Gasteiger charge is 2.07. The van der Waals surface area contributed by atoms with E-state index >= 15 is 0 Å². The Morgan fingerprint density at radius 2 is 2.28 bits per heavy atom. The van der Waals surface area contributed by atoms with Crippen LogP contribution in [0.15, 0.2) is 22.7 Å². The van der Waals surface area contributed by atoms with Gasteiger partial charge >= 0.3 is 0 Å². The summed E-state index contributed by atoms with van der Waals surface area (Å²) in [5, 5.41) is 20.6. The van der Waals surface area contributed by atoms with Gasteiger partial charge in [-0.25, -0.2) is 0 Å². The van der Waals surface area contributed by atoms with E-state index in [4.69, 9.17) is 10.2 Å². The Balaban J connectivity index is 2.40. The molecule has 0 fully saturated rings. The maximum atomic E-state index is 11.6. The van der Waals surface area contributed by atoms with Gasteiger partial charge < -0.3 is 15.5 Å². The van der Waals surface area contributed by atoms with Crippen LogP contribution in [-0.4, -0.2) is 40.3 Å². The van der Waals surface area contributed by atoms with Crippen LogP contribution >= 0.6 is 27.7 Å². The molecule has 1 aromatic rings. The molecule has 1 atom stereocenters. The lowest BCUT2D eigenvalue weighted by atomic mass is 10.2. The van der Waals surface area contributed by atoms with Gasteiger partial charge in [0.15, 0.2) is 0 Å². The van der Waals surface area contributed by atoms with Gasteiger partial charge in [0.25, 0.3) is 0 Å². The zero-order valence-electron chi connectivity index (χ0n) is 10.0. The number of benzene rings is 1. The van der Waals surface area contributed by atoms with Crippen molar-refractivity contribution < 1.29 is 15.0 Å². The number of aryl methyl sites for hydroxylation is 1. The van der Waals surface area contributed by atoms with Crippen molar-refractivity contribution in [2.45, 2.75) is 13.0 Å². The molecule has 0 aliphatic rings. The molecule has 0 saturated heterocycles. The first-order chi connectivity index (χ1) is 8.52. The second kappa shape index (κ2) is 7.78. The molecular formula is C12H16BrNO3S. The Labute approximate surface area is 119 Å². The van der Waals surface area contributed by atoms with E-state index in [1.807, 2.05) is 25.1 Å². The Kier molecular flexibility index (Phi) is 6.70. The number of aliphatic hydroxyl groups is 2. The van der Waals surface area contributed by atoms with Crippen LogP contribution in [0, 0.1) is 6.92 Å². The standard InChI is InChI=1S/C12H16BrNO3S/c1-8-4-9(13)2-3-11(8)14-12(17)7-18-6-10(16)5-15/h2-4,10,15-16H,5-7H2,1H3,(H,14,17). The normalized spacial score (nSPS) is 12.2. The van der Waals surface area contributed by atoms with Gasteiger partial charge in [-0.05, 0) is 30.7 Å². The third kappa shape index (κ3) is 5.39. The summed E-state index contributed by atoms with van der Waals surface area (Å²) >= 11 is 4.65. The molecule has 1 rings (SSSR count). The predicted molar refractivity (Wildman–Crippen MR) is 77.9 cm³/mol. The smallest absolute Gasteiger partial charge is 0.234 e. The first-order valence-corrected chi connectivity index (χ1v) is 7.40. The topological polar surface area (TPSA) is 69.6 Å². The van der Waals surface area contributed by atoms with Crippen LogP contribution in [0.5, 0.6) is 0 Å². The van der Waals surface area contributed by atoms with Gasteiger partial charge in [0.2, 0.25) is 5.91 Å². The van der Waals surface area contributed by atoms with Gasteiger partial charge in [-0.3, -0.25) is 4.79 Å². The van der Waals surface area contributed by atoms with E-state index in [1.54, 1.807) is 0 Å². The van der Waals surface area contributed by atoms with Crippen molar-refractivity contribution in [1.29, 1.82) is 0 Å². The number of anilines is 1. The number of hydrogen-bond acceptors (Lipinski definition) is 4. The van der Waals surface area contributed by atoms with Crippen molar-refractivity contribution in [3.63, 3.8) is 0 Å². The highest BCUT2D eigenvalue weighted by molar-refractivity contribution is 9.10. The summed E-state index contributed by atoms with van der Waals surface area (Å²) in [6.45, 7) is 1.64. The average molecular weight is 334 g/mol. The fraction of sp³-hybridized carbons (Fsp3) is 0.417. The van der Waals surface area contributed by atoms with E-state index in [-0.39, 0.29) is 18.3 Å². The maximum Gasteiger partial charge on any atom is 0.234 e. The monoisotopic (exact) mass is 333 g/mol. The van der Waals surface area contributed by atoms with Crippen molar-refractivity contribution >= 4 is 39.3 Å². The number of amides is 1. The summed E-state index contributed by atoms with van der Waals surface area (Å²) in [7, 11) is 0. The van der Waals surface area contributed by atoms with Gasteiger partial charge in [-0.2, -0.15) is 0 Å². The van der Waals surface area contributed by atoms with E-state index in [0.717, 1.165) is 15.7 Å². The second-order valence-corrected chi connectivity index (χ2v) is 5.80. The van der Waals surface area contributed by atoms with E-state index in [9.17, 15) is 4.79 Å². The number of hydrogen-bond donors (Lipinski definition) is 3. The highest BCUT2D eigenvalue weighted by atomic mass is 79.9. The molecule has 1 amide bonds. The lowest BCUT2D eigenvalue weighted by Crippen LogP contribution is -2.19. The molecule has 100 valence electrons. The zero-order valence-corrected chi connectivity index (χ0v) is 12.4. The number of thioether (sulfide) groups is 1. The molecule has 0 saturated carbocycles. The summed E-state index contributed by atoms with van der Waals surface area (Å²) in [6.07, 6.45) is -0.766. The van der Waals surface area contributed by atoms with Crippen LogP contribution in [0.2, 0.25) is 0 Å². The molecule has 0 bridgehead atoms. The molecular weight excluding hydrogens is 318 g/mol. The number of carbonyl (C=O) groups is 1. The van der Waals surface area contributed by atoms with Crippen LogP contribution < -0.4 is 5.32 Å². The molecule has 0 heterocycles. The molecule has 0 aliphatic heterocycles. The molecule has 1 aromatic carbocycles. The third-order valence-electron chi connectivity index (χ3n) is 2.22. The summed E-state index contributed by atoms with van der Waals surface area (Å²) in [6, 6.07) is 5.63. The van der Waals surface area contributed by atoms with Crippen molar-refractivity contribution in [2.24, 2.45) is 0 Å².